The van der Waals surface area contributed by atoms with Gasteiger partial charge in [0.2, 0.25) is 5.95 Å². The first-order chi connectivity index (χ1) is 13.8. The molecule has 154 valence electrons. The number of hydrogen-bond donors (Lipinski definition) is 0. The van der Waals surface area contributed by atoms with Crippen molar-refractivity contribution in [3.8, 4) is 0 Å². The van der Waals surface area contributed by atoms with Gasteiger partial charge in [-0.05, 0) is 71.6 Å². The smallest absolute Gasteiger partial charge is 0.229 e. The highest BCUT2D eigenvalue weighted by Gasteiger charge is 2.27. The highest BCUT2D eigenvalue weighted by atomic mass is 32.2. The molecule has 7 nitrogen and oxygen atoms in total. The normalized spacial score (nSPS) is 17.3. The molecule has 1 fully saturated rings. The predicted molar refractivity (Wildman–Crippen MR) is 119 cm³/mol. The Balaban J connectivity index is 1.94. The molecule has 1 saturated heterocycles. The SMILES string of the molecule is CC(=N[S@+]([O-])C(C)(C)C)c1cc(C)cc2c1nc(N1CCCCC1)n1ncnc21. The van der Waals surface area contributed by atoms with E-state index in [0.717, 1.165) is 65.3 Å². The van der Waals surface area contributed by atoms with Crippen molar-refractivity contribution in [1.82, 2.24) is 19.6 Å². The summed E-state index contributed by atoms with van der Waals surface area (Å²) in [5.41, 5.74) is 4.35. The van der Waals surface area contributed by atoms with Crippen LogP contribution in [0.4, 0.5) is 5.95 Å². The molecule has 3 heterocycles. The van der Waals surface area contributed by atoms with Gasteiger partial charge in [0.1, 0.15) is 22.4 Å². The standard InChI is InChI=1S/C21H28N6OS/c1-14-11-16(15(2)25-29(28)21(3,4)5)18-17(12-14)19-22-13-23-27(19)20(24-18)26-9-7-6-8-10-26/h11-13H,6-10H2,1-5H3/t29-/m1/s1. The van der Waals surface area contributed by atoms with Crippen LogP contribution < -0.4 is 4.90 Å². The van der Waals surface area contributed by atoms with E-state index in [0.29, 0.717) is 0 Å². The Morgan fingerprint density at radius 2 is 1.90 bits per heavy atom. The Morgan fingerprint density at radius 1 is 1.17 bits per heavy atom. The van der Waals surface area contributed by atoms with Crippen molar-refractivity contribution < 1.29 is 4.55 Å². The number of benzene rings is 1. The van der Waals surface area contributed by atoms with Gasteiger partial charge >= 0.3 is 0 Å². The number of rotatable bonds is 3. The summed E-state index contributed by atoms with van der Waals surface area (Å²) in [5, 5.41) is 5.39. The third-order valence-electron chi connectivity index (χ3n) is 5.22. The van der Waals surface area contributed by atoms with Crippen molar-refractivity contribution in [3.05, 3.63) is 29.6 Å². The zero-order valence-electron chi connectivity index (χ0n) is 17.8. The van der Waals surface area contributed by atoms with Gasteiger partial charge in [0.25, 0.3) is 0 Å². The summed E-state index contributed by atoms with van der Waals surface area (Å²) in [6.45, 7) is 11.7. The minimum Gasteiger partial charge on any atom is -0.591 e. The average Bonchev–Trinajstić information content (AvgIpc) is 3.17. The van der Waals surface area contributed by atoms with E-state index in [9.17, 15) is 4.55 Å². The van der Waals surface area contributed by atoms with E-state index >= 15 is 0 Å². The third-order valence-corrected chi connectivity index (χ3v) is 6.70. The molecule has 2 aromatic heterocycles. The third kappa shape index (κ3) is 3.83. The summed E-state index contributed by atoms with van der Waals surface area (Å²) in [4.78, 5) is 11.9. The molecule has 0 N–H and O–H groups in total. The number of aromatic nitrogens is 4. The second-order valence-electron chi connectivity index (χ2n) is 8.70. The van der Waals surface area contributed by atoms with E-state index in [4.69, 9.17) is 4.98 Å². The average molecular weight is 413 g/mol. The second kappa shape index (κ2) is 7.57. The molecule has 3 aromatic rings. The molecule has 1 aliphatic heterocycles. The Kier molecular flexibility index (Phi) is 5.25. The van der Waals surface area contributed by atoms with Gasteiger partial charge in [0.05, 0.1) is 11.2 Å². The molecule has 29 heavy (non-hydrogen) atoms. The van der Waals surface area contributed by atoms with Gasteiger partial charge in [-0.2, -0.15) is 9.61 Å². The zero-order chi connectivity index (χ0) is 20.8. The number of anilines is 1. The van der Waals surface area contributed by atoms with Crippen molar-refractivity contribution in [2.24, 2.45) is 4.40 Å². The number of aryl methyl sites for hydroxylation is 1. The Labute approximate surface area is 174 Å². The zero-order valence-corrected chi connectivity index (χ0v) is 18.6. The van der Waals surface area contributed by atoms with E-state index in [-0.39, 0.29) is 0 Å². The van der Waals surface area contributed by atoms with Crippen LogP contribution in [0, 0.1) is 6.92 Å². The lowest BCUT2D eigenvalue weighted by Crippen LogP contribution is -2.32. The fraction of sp³-hybridized carbons (Fsp3) is 0.524. The minimum absolute atomic E-state index is 0.409. The monoisotopic (exact) mass is 412 g/mol. The summed E-state index contributed by atoms with van der Waals surface area (Å²) in [5.74, 6) is 0.819. The van der Waals surface area contributed by atoms with Gasteiger partial charge in [0, 0.05) is 24.0 Å². The predicted octanol–water partition coefficient (Wildman–Crippen LogP) is 3.85. The molecule has 1 aliphatic rings. The molecular weight excluding hydrogens is 384 g/mol. The van der Waals surface area contributed by atoms with Crippen molar-refractivity contribution in [1.29, 1.82) is 0 Å². The molecule has 0 amide bonds. The molecule has 0 saturated carbocycles. The second-order valence-corrected chi connectivity index (χ2v) is 10.6. The highest BCUT2D eigenvalue weighted by Crippen LogP contribution is 2.29. The summed E-state index contributed by atoms with van der Waals surface area (Å²) in [6.07, 6.45) is 5.14. The Bertz CT molecular complexity index is 1080. The number of hydrogen-bond acceptors (Lipinski definition) is 6. The maximum atomic E-state index is 12.6. The Hall–Kier alpha value is -2.19. The molecule has 0 spiro atoms. The van der Waals surface area contributed by atoms with Gasteiger partial charge in [-0.25, -0.2) is 9.97 Å². The fourth-order valence-electron chi connectivity index (χ4n) is 3.67. The molecule has 1 aromatic carbocycles. The van der Waals surface area contributed by atoms with Gasteiger partial charge in [-0.3, -0.25) is 0 Å². The molecule has 0 bridgehead atoms. The van der Waals surface area contributed by atoms with Crippen LogP contribution in [0.15, 0.2) is 22.9 Å². The molecule has 1 atom stereocenters. The van der Waals surface area contributed by atoms with Gasteiger partial charge < -0.3 is 9.45 Å². The lowest BCUT2D eigenvalue weighted by atomic mass is 10.0. The first-order valence-corrected chi connectivity index (χ1v) is 11.2. The van der Waals surface area contributed by atoms with Crippen molar-refractivity contribution in [2.45, 2.75) is 58.6 Å². The lowest BCUT2D eigenvalue weighted by Gasteiger charge is -2.28. The summed E-state index contributed by atoms with van der Waals surface area (Å²) in [7, 11) is 0. The largest absolute Gasteiger partial charge is 0.591 e. The van der Waals surface area contributed by atoms with E-state index in [2.05, 4.69) is 31.5 Å². The molecule has 0 aliphatic carbocycles. The van der Waals surface area contributed by atoms with Crippen molar-refractivity contribution >= 4 is 39.6 Å². The van der Waals surface area contributed by atoms with Gasteiger partial charge in [0.15, 0.2) is 5.65 Å². The minimum atomic E-state index is -1.33. The summed E-state index contributed by atoms with van der Waals surface area (Å²) < 4.78 is 18.6. The molecule has 0 unspecified atom stereocenters. The highest BCUT2D eigenvalue weighted by molar-refractivity contribution is 7.91. The van der Waals surface area contributed by atoms with E-state index in [1.807, 2.05) is 39.1 Å². The molecule has 4 rings (SSSR count). The number of nitrogens with zero attached hydrogens (tertiary/aromatic N) is 6. The van der Waals surface area contributed by atoms with Crippen LogP contribution >= 0.6 is 0 Å². The quantitative estimate of drug-likeness (QED) is 0.482. The van der Waals surface area contributed by atoms with Crippen molar-refractivity contribution in [3.63, 3.8) is 0 Å². The number of fused-ring (bicyclic) bond motifs is 3. The van der Waals surface area contributed by atoms with Crippen LogP contribution in [0.3, 0.4) is 0 Å². The topological polar surface area (TPSA) is 81.7 Å². The van der Waals surface area contributed by atoms with Gasteiger partial charge in [-0.1, -0.05) is 4.40 Å². The first-order valence-electron chi connectivity index (χ1n) is 10.1. The van der Waals surface area contributed by atoms with Crippen LogP contribution in [0.2, 0.25) is 0 Å². The fourth-order valence-corrected chi connectivity index (χ4v) is 4.29. The van der Waals surface area contributed by atoms with Gasteiger partial charge in [-0.15, -0.1) is 0 Å². The van der Waals surface area contributed by atoms with Crippen LogP contribution in [-0.4, -0.2) is 47.7 Å². The maximum Gasteiger partial charge on any atom is 0.229 e. The van der Waals surface area contributed by atoms with Crippen LogP contribution in [0.5, 0.6) is 0 Å². The van der Waals surface area contributed by atoms with E-state index in [1.165, 1.54) is 6.42 Å². The first kappa shape index (κ1) is 20.1. The van der Waals surface area contributed by atoms with Crippen molar-refractivity contribution in [2.75, 3.05) is 18.0 Å². The van der Waals surface area contributed by atoms with Crippen LogP contribution in [-0.2, 0) is 11.4 Å². The molecule has 8 heteroatoms. The maximum absolute atomic E-state index is 12.6. The summed E-state index contributed by atoms with van der Waals surface area (Å²) in [6, 6.07) is 4.16. The molecule has 0 radical (unpaired) electrons. The van der Waals surface area contributed by atoms with Crippen LogP contribution in [0.1, 0.15) is 58.1 Å². The number of piperidine rings is 1. The van der Waals surface area contributed by atoms with E-state index < -0.39 is 16.1 Å². The summed E-state index contributed by atoms with van der Waals surface area (Å²) >= 11 is -1.33. The lowest BCUT2D eigenvalue weighted by molar-refractivity contribution is 0.561. The van der Waals surface area contributed by atoms with E-state index in [1.54, 1.807) is 6.33 Å². The van der Waals surface area contributed by atoms with Crippen LogP contribution in [0.25, 0.3) is 16.6 Å². The Morgan fingerprint density at radius 3 is 2.59 bits per heavy atom. The molecular formula is C21H28N6OS.